The Morgan fingerprint density at radius 3 is 2.42 bits per heavy atom. The summed E-state index contributed by atoms with van der Waals surface area (Å²) in [6.07, 6.45) is 0.714. The molecule has 1 N–H and O–H groups in total. The molecule has 0 aliphatic rings. The quantitative estimate of drug-likeness (QED) is 0.872. The highest BCUT2D eigenvalue weighted by Crippen LogP contribution is 2.17. The van der Waals surface area contributed by atoms with Crippen LogP contribution in [0.2, 0.25) is 5.02 Å². The number of benzene rings is 2. The number of nitrogens with one attached hydrogen (secondary N) is 1. The molecule has 0 atom stereocenters. The molecule has 2 aromatic carbocycles. The zero-order valence-corrected chi connectivity index (χ0v) is 10.4. The van der Waals surface area contributed by atoms with Crippen LogP contribution in [0.5, 0.6) is 0 Å². The smallest absolute Gasteiger partial charge is 0.255 e. The molecule has 3 nitrogen and oxygen atoms in total. The van der Waals surface area contributed by atoms with Gasteiger partial charge in [-0.05, 0) is 42.5 Å². The zero-order chi connectivity index (χ0) is 13.8. The average Bonchev–Trinajstić information content (AvgIpc) is 2.42. The van der Waals surface area contributed by atoms with Gasteiger partial charge in [0, 0.05) is 16.8 Å². The van der Waals surface area contributed by atoms with Gasteiger partial charge in [0.2, 0.25) is 0 Å². The predicted octanol–water partition coefficient (Wildman–Crippen LogP) is 3.54. The molecule has 0 bridgehead atoms. The Kier molecular flexibility index (Phi) is 3.92. The maximum Gasteiger partial charge on any atom is 0.255 e. The van der Waals surface area contributed by atoms with Crippen molar-refractivity contribution in [2.45, 2.75) is 0 Å². The van der Waals surface area contributed by atoms with E-state index >= 15 is 0 Å². The number of anilines is 1. The Morgan fingerprint density at radius 2 is 1.84 bits per heavy atom. The third-order valence-electron chi connectivity index (χ3n) is 2.49. The summed E-state index contributed by atoms with van der Waals surface area (Å²) in [6.45, 7) is 0. The molecule has 5 heteroatoms. The predicted molar refractivity (Wildman–Crippen MR) is 71.2 cm³/mol. The second-order valence-corrected chi connectivity index (χ2v) is 4.23. The van der Waals surface area contributed by atoms with Gasteiger partial charge in [0.15, 0.2) is 0 Å². The van der Waals surface area contributed by atoms with E-state index in [-0.39, 0.29) is 10.6 Å². The molecule has 0 aromatic heterocycles. The molecule has 96 valence electrons. The monoisotopic (exact) mass is 277 g/mol. The standard InChI is InChI=1S/C14H9ClFNO2/c15-12-7-10(3-6-13(12)16)14(19)17-11-4-1-9(8-18)2-5-11/h1-8H,(H,17,19). The average molecular weight is 278 g/mol. The SMILES string of the molecule is O=Cc1ccc(NC(=O)c2ccc(F)c(Cl)c2)cc1. The Bertz CT molecular complexity index is 626. The van der Waals surface area contributed by atoms with Crippen molar-refractivity contribution >= 4 is 29.5 Å². The highest BCUT2D eigenvalue weighted by Gasteiger charge is 2.09. The van der Waals surface area contributed by atoms with Crippen LogP contribution < -0.4 is 5.32 Å². The first-order chi connectivity index (χ1) is 9.10. The molecule has 0 heterocycles. The van der Waals surface area contributed by atoms with Gasteiger partial charge in [0.05, 0.1) is 5.02 Å². The molecular formula is C14H9ClFNO2. The van der Waals surface area contributed by atoms with Gasteiger partial charge in [-0.1, -0.05) is 11.6 Å². The molecule has 0 unspecified atom stereocenters. The number of halogens is 2. The third kappa shape index (κ3) is 3.17. The molecule has 0 spiro atoms. The minimum atomic E-state index is -0.575. The highest BCUT2D eigenvalue weighted by atomic mass is 35.5. The minimum absolute atomic E-state index is 0.107. The van der Waals surface area contributed by atoms with E-state index in [4.69, 9.17) is 11.6 Å². The van der Waals surface area contributed by atoms with Crippen molar-refractivity contribution in [2.75, 3.05) is 5.32 Å². The number of hydrogen-bond acceptors (Lipinski definition) is 2. The Morgan fingerprint density at radius 1 is 1.16 bits per heavy atom. The van der Waals surface area contributed by atoms with Gasteiger partial charge >= 0.3 is 0 Å². The molecule has 0 radical (unpaired) electrons. The third-order valence-corrected chi connectivity index (χ3v) is 2.78. The number of rotatable bonds is 3. The lowest BCUT2D eigenvalue weighted by Gasteiger charge is -2.06. The molecular weight excluding hydrogens is 269 g/mol. The van der Waals surface area contributed by atoms with Crippen LogP contribution in [-0.2, 0) is 0 Å². The maximum absolute atomic E-state index is 13.0. The van der Waals surface area contributed by atoms with Crippen LogP contribution in [0.15, 0.2) is 42.5 Å². The number of aldehydes is 1. The largest absolute Gasteiger partial charge is 0.322 e. The van der Waals surface area contributed by atoms with Gasteiger partial charge in [-0.25, -0.2) is 4.39 Å². The zero-order valence-electron chi connectivity index (χ0n) is 9.69. The highest BCUT2D eigenvalue weighted by molar-refractivity contribution is 6.31. The first kappa shape index (κ1) is 13.2. The van der Waals surface area contributed by atoms with Crippen LogP contribution >= 0.6 is 11.6 Å². The number of carbonyl (C=O) groups is 2. The second-order valence-electron chi connectivity index (χ2n) is 3.82. The van der Waals surface area contributed by atoms with Gasteiger partial charge in [0.25, 0.3) is 5.91 Å². The minimum Gasteiger partial charge on any atom is -0.322 e. The summed E-state index contributed by atoms with van der Waals surface area (Å²) >= 11 is 5.61. The van der Waals surface area contributed by atoms with Gasteiger partial charge in [-0.15, -0.1) is 0 Å². The van der Waals surface area contributed by atoms with Crippen molar-refractivity contribution in [3.8, 4) is 0 Å². The fraction of sp³-hybridized carbons (Fsp3) is 0. The van der Waals surface area contributed by atoms with Gasteiger partial charge < -0.3 is 5.32 Å². The lowest BCUT2D eigenvalue weighted by Crippen LogP contribution is -2.11. The normalized spacial score (nSPS) is 10.0. The van der Waals surface area contributed by atoms with E-state index < -0.39 is 11.7 Å². The van der Waals surface area contributed by atoms with Crippen molar-refractivity contribution < 1.29 is 14.0 Å². The van der Waals surface area contributed by atoms with Crippen LogP contribution in [0.25, 0.3) is 0 Å². The summed E-state index contributed by atoms with van der Waals surface area (Å²) in [7, 11) is 0. The molecule has 0 saturated carbocycles. The Hall–Kier alpha value is -2.20. The molecule has 0 aliphatic carbocycles. The van der Waals surface area contributed by atoms with Crippen molar-refractivity contribution in [3.63, 3.8) is 0 Å². The number of carbonyl (C=O) groups excluding carboxylic acids is 2. The summed E-state index contributed by atoms with van der Waals surface area (Å²) in [6, 6.07) is 10.1. The molecule has 0 fully saturated rings. The van der Waals surface area contributed by atoms with E-state index in [2.05, 4.69) is 5.32 Å². The fourth-order valence-electron chi connectivity index (χ4n) is 1.49. The number of amides is 1. The summed E-state index contributed by atoms with van der Waals surface area (Å²) in [4.78, 5) is 22.4. The Labute approximate surface area is 114 Å². The van der Waals surface area contributed by atoms with Crippen LogP contribution in [0, 0.1) is 5.82 Å². The van der Waals surface area contributed by atoms with Gasteiger partial charge in [-0.3, -0.25) is 9.59 Å². The van der Waals surface area contributed by atoms with Crippen molar-refractivity contribution in [3.05, 3.63) is 64.4 Å². The molecule has 19 heavy (non-hydrogen) atoms. The lowest BCUT2D eigenvalue weighted by molar-refractivity contribution is 0.102. The summed E-state index contributed by atoms with van der Waals surface area (Å²) in [5.41, 5.74) is 1.31. The molecule has 2 aromatic rings. The first-order valence-corrected chi connectivity index (χ1v) is 5.79. The van der Waals surface area contributed by atoms with Crippen LogP contribution in [0.3, 0.4) is 0 Å². The van der Waals surface area contributed by atoms with Crippen LogP contribution in [-0.4, -0.2) is 12.2 Å². The van der Waals surface area contributed by atoms with Crippen molar-refractivity contribution in [2.24, 2.45) is 0 Å². The number of hydrogen-bond donors (Lipinski definition) is 1. The summed E-state index contributed by atoms with van der Waals surface area (Å²) < 4.78 is 13.0. The van der Waals surface area contributed by atoms with E-state index in [0.717, 1.165) is 6.07 Å². The van der Waals surface area contributed by atoms with Crippen LogP contribution in [0.1, 0.15) is 20.7 Å². The first-order valence-electron chi connectivity index (χ1n) is 5.42. The molecule has 1 amide bonds. The second kappa shape index (κ2) is 5.63. The maximum atomic E-state index is 13.0. The van der Waals surface area contributed by atoms with E-state index in [1.165, 1.54) is 12.1 Å². The van der Waals surface area contributed by atoms with E-state index in [9.17, 15) is 14.0 Å². The lowest BCUT2D eigenvalue weighted by atomic mass is 10.2. The van der Waals surface area contributed by atoms with E-state index in [1.54, 1.807) is 24.3 Å². The van der Waals surface area contributed by atoms with Gasteiger partial charge in [-0.2, -0.15) is 0 Å². The summed E-state index contributed by atoms with van der Waals surface area (Å²) in [5, 5.41) is 2.51. The Balaban J connectivity index is 2.15. The van der Waals surface area contributed by atoms with Gasteiger partial charge in [0.1, 0.15) is 12.1 Å². The molecule has 0 aliphatic heterocycles. The van der Waals surface area contributed by atoms with E-state index in [1.807, 2.05) is 0 Å². The summed E-state index contributed by atoms with van der Waals surface area (Å²) in [5.74, 6) is -0.977. The fourth-order valence-corrected chi connectivity index (χ4v) is 1.67. The van der Waals surface area contributed by atoms with Crippen molar-refractivity contribution in [1.82, 2.24) is 0 Å². The molecule has 0 saturated heterocycles. The van der Waals surface area contributed by atoms with Crippen LogP contribution in [0.4, 0.5) is 10.1 Å². The molecule has 2 rings (SSSR count). The van der Waals surface area contributed by atoms with E-state index in [0.29, 0.717) is 17.5 Å². The topological polar surface area (TPSA) is 46.2 Å². The van der Waals surface area contributed by atoms with Crippen molar-refractivity contribution in [1.29, 1.82) is 0 Å².